The number of para-hydroxylation sites is 2. The van der Waals surface area contributed by atoms with Gasteiger partial charge in [-0.05, 0) is 29.8 Å². The fourth-order valence-electron chi connectivity index (χ4n) is 4.49. The molecule has 168 valence electrons. The molecule has 2 amide bonds. The summed E-state index contributed by atoms with van der Waals surface area (Å²) >= 11 is 0. The van der Waals surface area contributed by atoms with Gasteiger partial charge in [0.2, 0.25) is 0 Å². The van der Waals surface area contributed by atoms with E-state index >= 15 is 0 Å². The second kappa shape index (κ2) is 8.98. The van der Waals surface area contributed by atoms with E-state index in [0.717, 1.165) is 11.3 Å². The SMILES string of the molecule is O=C(OCc1ccccc1)N1CCC2(CC1)CN(c1ccccc1)C(=O)c1ccccc1O2. The van der Waals surface area contributed by atoms with E-state index < -0.39 is 5.60 Å². The van der Waals surface area contributed by atoms with Crippen LogP contribution >= 0.6 is 0 Å². The molecule has 3 aromatic rings. The van der Waals surface area contributed by atoms with Crippen LogP contribution in [0.5, 0.6) is 5.75 Å². The van der Waals surface area contributed by atoms with Gasteiger partial charge in [-0.3, -0.25) is 4.79 Å². The molecule has 0 unspecified atom stereocenters. The van der Waals surface area contributed by atoms with Crippen molar-refractivity contribution >= 4 is 17.7 Å². The van der Waals surface area contributed by atoms with E-state index in [1.54, 1.807) is 9.80 Å². The molecule has 33 heavy (non-hydrogen) atoms. The van der Waals surface area contributed by atoms with Crippen molar-refractivity contribution in [3.05, 3.63) is 96.1 Å². The van der Waals surface area contributed by atoms with Gasteiger partial charge < -0.3 is 19.3 Å². The molecule has 0 aromatic heterocycles. The Morgan fingerprint density at radius 2 is 1.52 bits per heavy atom. The van der Waals surface area contributed by atoms with Crippen LogP contribution in [0.25, 0.3) is 0 Å². The van der Waals surface area contributed by atoms with Gasteiger partial charge in [-0.1, -0.05) is 60.7 Å². The smallest absolute Gasteiger partial charge is 0.410 e. The molecule has 6 heteroatoms. The molecule has 1 fully saturated rings. The number of hydrogen-bond acceptors (Lipinski definition) is 4. The Hall–Kier alpha value is -3.80. The van der Waals surface area contributed by atoms with Crippen molar-refractivity contribution in [1.82, 2.24) is 4.90 Å². The molecule has 2 aliphatic rings. The Morgan fingerprint density at radius 1 is 0.879 bits per heavy atom. The first-order valence-corrected chi connectivity index (χ1v) is 11.2. The monoisotopic (exact) mass is 442 g/mol. The minimum absolute atomic E-state index is 0.0709. The number of carbonyl (C=O) groups excluding carboxylic acids is 2. The number of fused-ring (bicyclic) bond motifs is 1. The summed E-state index contributed by atoms with van der Waals surface area (Å²) in [7, 11) is 0. The maximum Gasteiger partial charge on any atom is 0.410 e. The number of nitrogens with zero attached hydrogens (tertiary/aromatic N) is 2. The molecule has 6 nitrogen and oxygen atoms in total. The quantitative estimate of drug-likeness (QED) is 0.579. The van der Waals surface area contributed by atoms with Gasteiger partial charge in [0, 0.05) is 31.6 Å². The van der Waals surface area contributed by atoms with Gasteiger partial charge in [-0.15, -0.1) is 0 Å². The van der Waals surface area contributed by atoms with E-state index in [1.807, 2.05) is 84.9 Å². The minimum Gasteiger partial charge on any atom is -0.484 e. The molecular formula is C27H26N2O4. The van der Waals surface area contributed by atoms with E-state index in [1.165, 1.54) is 0 Å². The highest BCUT2D eigenvalue weighted by Crippen LogP contribution is 2.37. The third kappa shape index (κ3) is 4.42. The maximum absolute atomic E-state index is 13.4. The van der Waals surface area contributed by atoms with Crippen LogP contribution in [0.3, 0.4) is 0 Å². The predicted molar refractivity (Wildman–Crippen MR) is 125 cm³/mol. The van der Waals surface area contributed by atoms with Crippen LogP contribution < -0.4 is 9.64 Å². The van der Waals surface area contributed by atoms with Crippen LogP contribution in [0.15, 0.2) is 84.9 Å². The maximum atomic E-state index is 13.4. The summed E-state index contributed by atoms with van der Waals surface area (Å²) in [6.07, 6.45) is 0.898. The van der Waals surface area contributed by atoms with Crippen molar-refractivity contribution in [2.45, 2.75) is 25.0 Å². The summed E-state index contributed by atoms with van der Waals surface area (Å²) in [6.45, 7) is 1.69. The van der Waals surface area contributed by atoms with Crippen molar-refractivity contribution in [3.63, 3.8) is 0 Å². The summed E-state index contributed by atoms with van der Waals surface area (Å²) in [5.41, 5.74) is 1.78. The molecule has 0 bridgehead atoms. The number of carbonyl (C=O) groups is 2. The van der Waals surface area contributed by atoms with Gasteiger partial charge in [0.15, 0.2) is 0 Å². The van der Waals surface area contributed by atoms with Gasteiger partial charge in [0.05, 0.1) is 12.1 Å². The average Bonchev–Trinajstić information content (AvgIpc) is 2.99. The Balaban J connectivity index is 1.33. The number of amides is 2. The lowest BCUT2D eigenvalue weighted by Gasteiger charge is -2.42. The number of rotatable bonds is 3. The zero-order chi connectivity index (χ0) is 22.7. The topological polar surface area (TPSA) is 59.1 Å². The van der Waals surface area contributed by atoms with Crippen LogP contribution in [0.1, 0.15) is 28.8 Å². The van der Waals surface area contributed by atoms with Crippen LogP contribution in [-0.4, -0.2) is 42.1 Å². The van der Waals surface area contributed by atoms with Gasteiger partial charge in [0.25, 0.3) is 5.91 Å². The molecule has 1 saturated heterocycles. The summed E-state index contributed by atoms with van der Waals surface area (Å²) in [5.74, 6) is 0.527. The average molecular weight is 443 g/mol. The van der Waals surface area contributed by atoms with E-state index in [9.17, 15) is 9.59 Å². The van der Waals surface area contributed by atoms with Crippen LogP contribution in [0.2, 0.25) is 0 Å². The molecule has 0 N–H and O–H groups in total. The first kappa shape index (κ1) is 21.1. The fourth-order valence-corrected chi connectivity index (χ4v) is 4.49. The van der Waals surface area contributed by atoms with E-state index in [-0.39, 0.29) is 18.6 Å². The molecule has 2 heterocycles. The second-order valence-electron chi connectivity index (χ2n) is 8.54. The lowest BCUT2D eigenvalue weighted by Crippen LogP contribution is -2.55. The Bertz CT molecular complexity index is 1130. The molecule has 0 atom stereocenters. The first-order valence-electron chi connectivity index (χ1n) is 11.2. The first-order chi connectivity index (χ1) is 16.1. The van der Waals surface area contributed by atoms with Gasteiger partial charge >= 0.3 is 6.09 Å². The minimum atomic E-state index is -0.575. The van der Waals surface area contributed by atoms with E-state index in [2.05, 4.69) is 0 Å². The van der Waals surface area contributed by atoms with Gasteiger partial charge in [0.1, 0.15) is 18.0 Å². The number of benzene rings is 3. The van der Waals surface area contributed by atoms with Crippen molar-refractivity contribution in [2.75, 3.05) is 24.5 Å². The number of piperidine rings is 1. The zero-order valence-corrected chi connectivity index (χ0v) is 18.4. The number of likely N-dealkylation sites (tertiary alicyclic amines) is 1. The van der Waals surface area contributed by atoms with Gasteiger partial charge in [-0.2, -0.15) is 0 Å². The lowest BCUT2D eigenvalue weighted by molar-refractivity contribution is 0.00633. The molecule has 1 spiro atoms. The third-order valence-electron chi connectivity index (χ3n) is 6.34. The zero-order valence-electron chi connectivity index (χ0n) is 18.4. The molecule has 3 aromatic carbocycles. The fraction of sp³-hybridized carbons (Fsp3) is 0.259. The molecule has 0 saturated carbocycles. The van der Waals surface area contributed by atoms with Crippen molar-refractivity contribution in [1.29, 1.82) is 0 Å². The summed E-state index contributed by atoms with van der Waals surface area (Å²) in [6, 6.07) is 26.7. The third-order valence-corrected chi connectivity index (χ3v) is 6.34. The summed E-state index contributed by atoms with van der Waals surface area (Å²) in [4.78, 5) is 29.6. The van der Waals surface area contributed by atoms with Crippen molar-refractivity contribution < 1.29 is 19.1 Å². The van der Waals surface area contributed by atoms with Crippen LogP contribution in [0.4, 0.5) is 10.5 Å². The predicted octanol–water partition coefficient (Wildman–Crippen LogP) is 4.90. The molecule has 5 rings (SSSR count). The highest BCUT2D eigenvalue weighted by atomic mass is 16.6. The van der Waals surface area contributed by atoms with Crippen molar-refractivity contribution in [3.8, 4) is 5.75 Å². The molecular weight excluding hydrogens is 416 g/mol. The molecule has 2 aliphatic heterocycles. The number of ether oxygens (including phenoxy) is 2. The normalized spacial score (nSPS) is 17.2. The molecule has 0 radical (unpaired) electrons. The van der Waals surface area contributed by atoms with E-state index in [4.69, 9.17) is 9.47 Å². The van der Waals surface area contributed by atoms with Crippen molar-refractivity contribution in [2.24, 2.45) is 0 Å². The molecule has 0 aliphatic carbocycles. The Kier molecular flexibility index (Phi) is 5.73. The highest BCUT2D eigenvalue weighted by molar-refractivity contribution is 6.08. The number of hydrogen-bond donors (Lipinski definition) is 0. The Morgan fingerprint density at radius 3 is 2.24 bits per heavy atom. The second-order valence-corrected chi connectivity index (χ2v) is 8.54. The standard InChI is InChI=1S/C27H26N2O4/c30-25-23-13-7-8-14-24(23)33-27(20-29(25)22-11-5-2-6-12-22)15-17-28(18-16-27)26(31)32-19-21-9-3-1-4-10-21/h1-14H,15-20H2. The van der Waals surface area contributed by atoms with Crippen LogP contribution in [0, 0.1) is 0 Å². The van der Waals surface area contributed by atoms with Crippen LogP contribution in [-0.2, 0) is 11.3 Å². The largest absolute Gasteiger partial charge is 0.484 e. The van der Waals surface area contributed by atoms with Gasteiger partial charge in [-0.25, -0.2) is 4.79 Å². The number of anilines is 1. The Labute approximate surface area is 193 Å². The summed E-state index contributed by atoms with van der Waals surface area (Å²) in [5, 5.41) is 0. The summed E-state index contributed by atoms with van der Waals surface area (Å²) < 4.78 is 12.0. The lowest BCUT2D eigenvalue weighted by atomic mass is 9.90. The highest BCUT2D eigenvalue weighted by Gasteiger charge is 2.44. The van der Waals surface area contributed by atoms with E-state index in [0.29, 0.717) is 43.8 Å².